The van der Waals surface area contributed by atoms with E-state index in [1.165, 1.54) is 48.7 Å². The lowest BCUT2D eigenvalue weighted by Gasteiger charge is -2.31. The van der Waals surface area contributed by atoms with Gasteiger partial charge in [-0.15, -0.1) is 10.2 Å². The summed E-state index contributed by atoms with van der Waals surface area (Å²) in [6.07, 6.45) is 4.42. The second-order valence-electron chi connectivity index (χ2n) is 9.15. The van der Waals surface area contributed by atoms with E-state index in [9.17, 15) is 9.18 Å². The van der Waals surface area contributed by atoms with Crippen LogP contribution in [-0.4, -0.2) is 44.4 Å². The number of benzene rings is 2. The minimum atomic E-state index is -0.289. The van der Waals surface area contributed by atoms with Crippen molar-refractivity contribution in [2.24, 2.45) is 0 Å². The van der Waals surface area contributed by atoms with Crippen LogP contribution in [0.15, 0.2) is 53.7 Å². The van der Waals surface area contributed by atoms with Gasteiger partial charge in [-0.2, -0.15) is 0 Å². The molecular weight excluding hydrogens is 461 g/mol. The molecule has 1 aliphatic heterocycles. The summed E-state index contributed by atoms with van der Waals surface area (Å²) in [5.41, 5.74) is 3.09. The molecule has 2 heterocycles. The largest absolute Gasteiger partial charge is 0.349 e. The van der Waals surface area contributed by atoms with Crippen LogP contribution in [0.25, 0.3) is 5.69 Å². The maximum Gasteiger partial charge on any atom is 0.230 e. The van der Waals surface area contributed by atoms with Crippen LogP contribution >= 0.6 is 11.8 Å². The number of hydrogen-bond donors (Lipinski definition) is 1. The molecule has 0 spiro atoms. The number of likely N-dealkylation sites (tertiary alicyclic amines) is 1. The van der Waals surface area contributed by atoms with Gasteiger partial charge in [0.05, 0.1) is 17.8 Å². The van der Waals surface area contributed by atoms with E-state index in [2.05, 4.69) is 65.5 Å². The molecule has 8 heteroatoms. The van der Waals surface area contributed by atoms with Gasteiger partial charge < -0.3 is 5.32 Å². The van der Waals surface area contributed by atoms with Gasteiger partial charge in [-0.1, -0.05) is 54.9 Å². The van der Waals surface area contributed by atoms with Crippen LogP contribution in [0.4, 0.5) is 4.39 Å². The molecule has 6 nitrogen and oxygen atoms in total. The zero-order valence-electron chi connectivity index (χ0n) is 20.7. The summed E-state index contributed by atoms with van der Waals surface area (Å²) in [5.74, 6) is 0.691. The maximum atomic E-state index is 13.6. The topological polar surface area (TPSA) is 63.1 Å². The van der Waals surface area contributed by atoms with E-state index >= 15 is 0 Å². The SMILES string of the molecule is CCC(NC(=O)CSc1nnc(C(C)N2CCCCC2)n1-c1ccc(F)cc1)c1ccc(C)cc1. The van der Waals surface area contributed by atoms with E-state index in [1.54, 1.807) is 12.1 Å². The Labute approximate surface area is 211 Å². The molecule has 0 radical (unpaired) electrons. The lowest BCUT2D eigenvalue weighted by atomic mass is 10.0. The number of aryl methyl sites for hydroxylation is 1. The number of nitrogens with one attached hydrogen (secondary N) is 1. The molecule has 35 heavy (non-hydrogen) atoms. The summed E-state index contributed by atoms with van der Waals surface area (Å²) in [5, 5.41) is 12.8. The van der Waals surface area contributed by atoms with Gasteiger partial charge in [-0.3, -0.25) is 14.3 Å². The summed E-state index contributed by atoms with van der Waals surface area (Å²) < 4.78 is 15.6. The minimum Gasteiger partial charge on any atom is -0.349 e. The van der Waals surface area contributed by atoms with Crippen molar-refractivity contribution in [2.75, 3.05) is 18.8 Å². The average molecular weight is 496 g/mol. The van der Waals surface area contributed by atoms with Gasteiger partial charge in [0, 0.05) is 5.69 Å². The molecule has 0 saturated carbocycles. The number of aromatic nitrogens is 3. The number of piperidine rings is 1. The first-order valence-corrected chi connectivity index (χ1v) is 13.4. The van der Waals surface area contributed by atoms with Crippen LogP contribution in [0.5, 0.6) is 0 Å². The highest BCUT2D eigenvalue weighted by Gasteiger charge is 2.26. The first-order chi connectivity index (χ1) is 17.0. The highest BCUT2D eigenvalue weighted by molar-refractivity contribution is 7.99. The van der Waals surface area contributed by atoms with E-state index in [0.29, 0.717) is 5.16 Å². The molecule has 1 aliphatic rings. The Kier molecular flexibility index (Phi) is 8.57. The fourth-order valence-corrected chi connectivity index (χ4v) is 5.30. The van der Waals surface area contributed by atoms with E-state index in [-0.39, 0.29) is 29.6 Å². The summed E-state index contributed by atoms with van der Waals surface area (Å²) in [4.78, 5) is 15.3. The molecule has 3 aromatic rings. The van der Waals surface area contributed by atoms with Crippen molar-refractivity contribution >= 4 is 17.7 Å². The third-order valence-corrected chi connectivity index (χ3v) is 7.54. The molecule has 4 rings (SSSR count). The smallest absolute Gasteiger partial charge is 0.230 e. The van der Waals surface area contributed by atoms with Crippen LogP contribution in [-0.2, 0) is 4.79 Å². The third-order valence-electron chi connectivity index (χ3n) is 6.61. The Hall–Kier alpha value is -2.71. The predicted molar refractivity (Wildman–Crippen MR) is 138 cm³/mol. The van der Waals surface area contributed by atoms with E-state index in [4.69, 9.17) is 0 Å². The normalized spacial score (nSPS) is 16.1. The number of rotatable bonds is 9. The van der Waals surface area contributed by atoms with Gasteiger partial charge in [-0.05, 0) is 76.0 Å². The van der Waals surface area contributed by atoms with Crippen molar-refractivity contribution in [3.8, 4) is 5.69 Å². The lowest BCUT2D eigenvalue weighted by molar-refractivity contribution is -0.119. The summed E-state index contributed by atoms with van der Waals surface area (Å²) in [6.45, 7) is 8.32. The van der Waals surface area contributed by atoms with E-state index in [0.717, 1.165) is 36.6 Å². The Bertz CT molecular complexity index is 1110. The minimum absolute atomic E-state index is 0.0339. The molecule has 1 N–H and O–H groups in total. The molecule has 186 valence electrons. The lowest BCUT2D eigenvalue weighted by Crippen LogP contribution is -2.33. The highest BCUT2D eigenvalue weighted by atomic mass is 32.2. The van der Waals surface area contributed by atoms with Crippen molar-refractivity contribution in [2.45, 2.75) is 63.7 Å². The van der Waals surface area contributed by atoms with Crippen LogP contribution in [0.2, 0.25) is 0 Å². The van der Waals surface area contributed by atoms with Crippen LogP contribution in [0.1, 0.15) is 68.6 Å². The second kappa shape index (κ2) is 11.8. The van der Waals surface area contributed by atoms with Crippen molar-refractivity contribution in [3.63, 3.8) is 0 Å². The van der Waals surface area contributed by atoms with Gasteiger partial charge in [0.15, 0.2) is 11.0 Å². The van der Waals surface area contributed by atoms with E-state index < -0.39 is 0 Å². The van der Waals surface area contributed by atoms with Gasteiger partial charge in [0.2, 0.25) is 5.91 Å². The van der Waals surface area contributed by atoms with Gasteiger partial charge in [0.25, 0.3) is 0 Å². The molecule has 2 atom stereocenters. The van der Waals surface area contributed by atoms with Gasteiger partial charge >= 0.3 is 0 Å². The molecule has 2 unspecified atom stereocenters. The van der Waals surface area contributed by atoms with Crippen LogP contribution < -0.4 is 5.32 Å². The first kappa shape index (κ1) is 25.4. The highest BCUT2D eigenvalue weighted by Crippen LogP contribution is 2.29. The number of carbonyl (C=O) groups excluding carboxylic acids is 1. The standard InChI is InChI=1S/C27H34FN5OS/c1-4-24(21-10-8-19(2)9-11-21)29-25(34)18-35-27-31-30-26(20(3)32-16-6-5-7-17-32)33(27)23-14-12-22(28)13-15-23/h8-15,20,24H,4-7,16-18H2,1-3H3,(H,29,34). The molecule has 1 fully saturated rings. The molecule has 1 amide bonds. The predicted octanol–water partition coefficient (Wildman–Crippen LogP) is 5.62. The van der Waals surface area contributed by atoms with Crippen molar-refractivity contribution in [1.82, 2.24) is 25.0 Å². The fraction of sp³-hybridized carbons (Fsp3) is 0.444. The third kappa shape index (κ3) is 6.30. The van der Waals surface area contributed by atoms with Crippen molar-refractivity contribution in [3.05, 3.63) is 71.3 Å². The summed E-state index contributed by atoms with van der Waals surface area (Å²) in [6, 6.07) is 14.7. The Morgan fingerprint density at radius 1 is 1.06 bits per heavy atom. The maximum absolute atomic E-state index is 13.6. The van der Waals surface area contributed by atoms with Gasteiger partial charge in [0.1, 0.15) is 5.82 Å². The zero-order valence-corrected chi connectivity index (χ0v) is 21.5. The van der Waals surface area contributed by atoms with Gasteiger partial charge in [-0.25, -0.2) is 4.39 Å². The van der Waals surface area contributed by atoms with Crippen LogP contribution in [0.3, 0.4) is 0 Å². The van der Waals surface area contributed by atoms with Crippen molar-refractivity contribution < 1.29 is 9.18 Å². The molecule has 0 aliphatic carbocycles. The molecule has 1 saturated heterocycles. The second-order valence-corrected chi connectivity index (χ2v) is 10.1. The molecule has 0 bridgehead atoms. The first-order valence-electron chi connectivity index (χ1n) is 12.4. The number of halogens is 1. The number of amides is 1. The average Bonchev–Trinajstić information content (AvgIpc) is 3.31. The number of carbonyl (C=O) groups is 1. The fourth-order valence-electron chi connectivity index (χ4n) is 4.53. The summed E-state index contributed by atoms with van der Waals surface area (Å²) in [7, 11) is 0. The molecule has 2 aromatic carbocycles. The van der Waals surface area contributed by atoms with E-state index in [1.807, 2.05) is 4.57 Å². The number of hydrogen-bond acceptors (Lipinski definition) is 5. The molecule has 1 aromatic heterocycles. The van der Waals surface area contributed by atoms with Crippen LogP contribution in [0, 0.1) is 12.7 Å². The monoisotopic (exact) mass is 495 g/mol. The molecular formula is C27H34FN5OS. The Morgan fingerprint density at radius 3 is 2.40 bits per heavy atom. The zero-order chi connectivity index (χ0) is 24.8. The van der Waals surface area contributed by atoms with Crippen molar-refractivity contribution in [1.29, 1.82) is 0 Å². The number of nitrogens with zero attached hydrogens (tertiary/aromatic N) is 4. The quantitative estimate of drug-likeness (QED) is 0.390. The Balaban J connectivity index is 1.51. The number of thioether (sulfide) groups is 1. The summed E-state index contributed by atoms with van der Waals surface area (Å²) >= 11 is 1.35. The Morgan fingerprint density at radius 2 is 1.74 bits per heavy atom.